The zero-order valence-corrected chi connectivity index (χ0v) is 11.7. The summed E-state index contributed by atoms with van der Waals surface area (Å²) in [7, 11) is 0. The molecule has 0 aromatic carbocycles. The van der Waals surface area contributed by atoms with Crippen LogP contribution in [-0.4, -0.2) is 40.6 Å². The molecule has 2 nitrogen and oxygen atoms in total. The Labute approximate surface area is 107 Å². The standard InChI is InChI=1S/C13H22BrNO/c1-9-2-5-13(16-9)8-15-11-3-4-12(15)7-10(14)6-11/h9-13H,2-8H2,1H3. The second-order valence-corrected chi connectivity index (χ2v) is 7.09. The third-order valence-corrected chi connectivity index (χ3v) is 5.31. The van der Waals surface area contributed by atoms with E-state index in [0.717, 1.165) is 16.9 Å². The van der Waals surface area contributed by atoms with E-state index < -0.39 is 0 Å². The van der Waals surface area contributed by atoms with Gasteiger partial charge in [0.15, 0.2) is 0 Å². The zero-order valence-electron chi connectivity index (χ0n) is 10.1. The smallest absolute Gasteiger partial charge is 0.0706 e. The number of hydrogen-bond donors (Lipinski definition) is 0. The molecule has 92 valence electrons. The summed E-state index contributed by atoms with van der Waals surface area (Å²) in [6.45, 7) is 3.40. The van der Waals surface area contributed by atoms with Crippen molar-refractivity contribution < 1.29 is 4.74 Å². The molecule has 4 unspecified atom stereocenters. The quantitative estimate of drug-likeness (QED) is 0.724. The van der Waals surface area contributed by atoms with Crippen LogP contribution in [0.4, 0.5) is 0 Å². The van der Waals surface area contributed by atoms with Crippen LogP contribution in [0.15, 0.2) is 0 Å². The van der Waals surface area contributed by atoms with Gasteiger partial charge < -0.3 is 4.74 Å². The predicted octanol–water partition coefficient (Wildman–Crippen LogP) is 2.94. The van der Waals surface area contributed by atoms with E-state index >= 15 is 0 Å². The van der Waals surface area contributed by atoms with Gasteiger partial charge in [0, 0.05) is 23.5 Å². The van der Waals surface area contributed by atoms with Crippen molar-refractivity contribution in [3.8, 4) is 0 Å². The van der Waals surface area contributed by atoms with Crippen LogP contribution in [0.5, 0.6) is 0 Å². The summed E-state index contributed by atoms with van der Waals surface area (Å²) in [5.41, 5.74) is 0. The lowest BCUT2D eigenvalue weighted by Crippen LogP contribution is -2.46. The van der Waals surface area contributed by atoms with Crippen molar-refractivity contribution in [1.82, 2.24) is 4.90 Å². The molecule has 0 amide bonds. The van der Waals surface area contributed by atoms with Crippen LogP contribution in [-0.2, 0) is 4.74 Å². The molecule has 3 saturated heterocycles. The molecular formula is C13H22BrNO. The first kappa shape index (κ1) is 11.5. The van der Waals surface area contributed by atoms with Gasteiger partial charge in [-0.1, -0.05) is 15.9 Å². The van der Waals surface area contributed by atoms with Gasteiger partial charge in [0.2, 0.25) is 0 Å². The molecule has 0 aliphatic carbocycles. The number of halogens is 1. The van der Waals surface area contributed by atoms with Crippen LogP contribution in [0.3, 0.4) is 0 Å². The van der Waals surface area contributed by atoms with Crippen molar-refractivity contribution in [1.29, 1.82) is 0 Å². The molecule has 0 N–H and O–H groups in total. The van der Waals surface area contributed by atoms with Crippen LogP contribution in [0.25, 0.3) is 0 Å². The summed E-state index contributed by atoms with van der Waals surface area (Å²) >= 11 is 3.80. The maximum Gasteiger partial charge on any atom is 0.0706 e. The van der Waals surface area contributed by atoms with Gasteiger partial charge in [-0.25, -0.2) is 0 Å². The molecule has 0 saturated carbocycles. The molecule has 3 heteroatoms. The van der Waals surface area contributed by atoms with Gasteiger partial charge in [0.1, 0.15) is 0 Å². The fourth-order valence-corrected chi connectivity index (χ4v) is 4.62. The summed E-state index contributed by atoms with van der Waals surface area (Å²) in [5.74, 6) is 0. The molecule has 3 fully saturated rings. The third kappa shape index (κ3) is 2.19. The molecule has 0 aromatic heterocycles. The first-order chi connectivity index (χ1) is 7.72. The normalized spacial score (nSPS) is 48.8. The summed E-state index contributed by atoms with van der Waals surface area (Å²) in [6, 6.07) is 1.67. The highest BCUT2D eigenvalue weighted by Crippen LogP contribution is 2.39. The lowest BCUT2D eigenvalue weighted by molar-refractivity contribution is 0.0119. The summed E-state index contributed by atoms with van der Waals surface area (Å²) in [5, 5.41) is 0. The molecule has 0 spiro atoms. The largest absolute Gasteiger partial charge is 0.374 e. The topological polar surface area (TPSA) is 12.5 Å². The second-order valence-electron chi connectivity index (χ2n) is 5.80. The minimum atomic E-state index is 0.497. The van der Waals surface area contributed by atoms with Gasteiger partial charge in [-0.05, 0) is 45.4 Å². The van der Waals surface area contributed by atoms with E-state index in [9.17, 15) is 0 Å². The van der Waals surface area contributed by atoms with Crippen molar-refractivity contribution in [2.75, 3.05) is 6.54 Å². The first-order valence-electron chi connectivity index (χ1n) is 6.77. The van der Waals surface area contributed by atoms with Crippen LogP contribution in [0.2, 0.25) is 0 Å². The Bertz CT molecular complexity index is 246. The summed E-state index contributed by atoms with van der Waals surface area (Å²) < 4.78 is 5.96. The van der Waals surface area contributed by atoms with Gasteiger partial charge in [0.25, 0.3) is 0 Å². The van der Waals surface area contributed by atoms with Gasteiger partial charge in [-0.15, -0.1) is 0 Å². The van der Waals surface area contributed by atoms with E-state index in [4.69, 9.17) is 4.74 Å². The lowest BCUT2D eigenvalue weighted by atomic mass is 10.0. The van der Waals surface area contributed by atoms with E-state index in [0.29, 0.717) is 12.2 Å². The molecule has 16 heavy (non-hydrogen) atoms. The number of rotatable bonds is 2. The molecule has 3 heterocycles. The van der Waals surface area contributed by atoms with Crippen molar-refractivity contribution in [3.63, 3.8) is 0 Å². The van der Waals surface area contributed by atoms with Crippen molar-refractivity contribution in [3.05, 3.63) is 0 Å². The number of hydrogen-bond acceptors (Lipinski definition) is 2. The maximum atomic E-state index is 5.96. The van der Waals surface area contributed by atoms with Crippen LogP contribution < -0.4 is 0 Å². The minimum absolute atomic E-state index is 0.497. The van der Waals surface area contributed by atoms with Crippen molar-refractivity contribution >= 4 is 15.9 Å². The highest BCUT2D eigenvalue weighted by atomic mass is 79.9. The molecule has 2 bridgehead atoms. The van der Waals surface area contributed by atoms with Gasteiger partial charge in [-0.3, -0.25) is 4.90 Å². The summed E-state index contributed by atoms with van der Waals surface area (Å²) in [4.78, 5) is 3.52. The highest BCUT2D eigenvalue weighted by molar-refractivity contribution is 9.09. The van der Waals surface area contributed by atoms with E-state index in [1.165, 1.54) is 45.1 Å². The molecule has 3 aliphatic heterocycles. The number of fused-ring (bicyclic) bond motifs is 2. The van der Waals surface area contributed by atoms with Crippen molar-refractivity contribution in [2.24, 2.45) is 0 Å². The summed E-state index contributed by atoms with van der Waals surface area (Å²) in [6.07, 6.45) is 9.06. The number of nitrogens with zero attached hydrogens (tertiary/aromatic N) is 1. The van der Waals surface area contributed by atoms with Gasteiger partial charge >= 0.3 is 0 Å². The molecule has 0 radical (unpaired) electrons. The number of alkyl halides is 1. The monoisotopic (exact) mass is 287 g/mol. The lowest BCUT2D eigenvalue weighted by Gasteiger charge is -2.38. The number of ether oxygens (including phenoxy) is 1. The van der Waals surface area contributed by atoms with E-state index in [-0.39, 0.29) is 0 Å². The third-order valence-electron chi connectivity index (χ3n) is 4.56. The Morgan fingerprint density at radius 1 is 1.12 bits per heavy atom. The molecule has 3 rings (SSSR count). The molecule has 4 atom stereocenters. The second kappa shape index (κ2) is 4.58. The Kier molecular flexibility index (Phi) is 3.29. The Hall–Kier alpha value is 0.400. The van der Waals surface area contributed by atoms with Crippen LogP contribution in [0, 0.1) is 0 Å². The molecule has 3 aliphatic rings. The van der Waals surface area contributed by atoms with Gasteiger partial charge in [-0.2, -0.15) is 0 Å². The Morgan fingerprint density at radius 3 is 2.38 bits per heavy atom. The average Bonchev–Trinajstić information content (AvgIpc) is 2.72. The molecular weight excluding hydrogens is 266 g/mol. The van der Waals surface area contributed by atoms with Crippen molar-refractivity contribution in [2.45, 2.75) is 74.6 Å². The van der Waals surface area contributed by atoms with Gasteiger partial charge in [0.05, 0.1) is 12.2 Å². The zero-order chi connectivity index (χ0) is 11.1. The van der Waals surface area contributed by atoms with E-state index in [1.807, 2.05) is 0 Å². The van der Waals surface area contributed by atoms with Crippen LogP contribution in [0.1, 0.15) is 45.4 Å². The number of piperidine rings is 1. The minimum Gasteiger partial charge on any atom is -0.374 e. The highest BCUT2D eigenvalue weighted by Gasteiger charge is 2.41. The SMILES string of the molecule is CC1CCC(CN2C3CCC2CC(Br)C3)O1. The maximum absolute atomic E-state index is 5.96. The molecule has 0 aromatic rings. The average molecular weight is 288 g/mol. The fourth-order valence-electron chi connectivity index (χ4n) is 3.76. The first-order valence-corrected chi connectivity index (χ1v) is 7.69. The van der Waals surface area contributed by atoms with E-state index in [1.54, 1.807) is 0 Å². The predicted molar refractivity (Wildman–Crippen MR) is 69.0 cm³/mol. The fraction of sp³-hybridized carbons (Fsp3) is 1.00. The van der Waals surface area contributed by atoms with Crippen LogP contribution >= 0.6 is 15.9 Å². The Morgan fingerprint density at radius 2 is 1.81 bits per heavy atom. The Balaban J connectivity index is 1.59. The van der Waals surface area contributed by atoms with E-state index in [2.05, 4.69) is 27.8 Å².